The monoisotopic (exact) mass is 276 g/mol. The van der Waals surface area contributed by atoms with Crippen molar-refractivity contribution in [2.24, 2.45) is 0 Å². The second kappa shape index (κ2) is 7.21. The third-order valence-electron chi connectivity index (χ3n) is 4.39. The quantitative estimate of drug-likeness (QED) is 0.864. The summed E-state index contributed by atoms with van der Waals surface area (Å²) in [5.41, 5.74) is 2.77. The Hall–Kier alpha value is -0.900. The lowest BCUT2D eigenvalue weighted by Gasteiger charge is -2.31. The van der Waals surface area contributed by atoms with Crippen molar-refractivity contribution in [1.82, 2.24) is 10.2 Å². The van der Waals surface area contributed by atoms with E-state index in [2.05, 4.69) is 62.3 Å². The molecule has 1 aromatic rings. The van der Waals surface area contributed by atoms with E-state index in [1.165, 1.54) is 11.1 Å². The Labute approximate surface area is 123 Å². The highest BCUT2D eigenvalue weighted by Gasteiger charge is 2.29. The van der Waals surface area contributed by atoms with Crippen LogP contribution < -0.4 is 5.32 Å². The number of ether oxygens (including phenoxy) is 1. The molecule has 1 fully saturated rings. The predicted molar refractivity (Wildman–Crippen MR) is 84.0 cm³/mol. The van der Waals surface area contributed by atoms with Crippen LogP contribution in [0.4, 0.5) is 0 Å². The fourth-order valence-electron chi connectivity index (χ4n) is 3.22. The number of benzene rings is 1. The molecule has 20 heavy (non-hydrogen) atoms. The van der Waals surface area contributed by atoms with Crippen LogP contribution in [0, 0.1) is 6.92 Å². The van der Waals surface area contributed by atoms with Gasteiger partial charge < -0.3 is 10.1 Å². The van der Waals surface area contributed by atoms with E-state index in [0.717, 1.165) is 26.1 Å². The maximum Gasteiger partial charge on any atom is 0.0702 e. The first kappa shape index (κ1) is 15.5. The molecular formula is C17H28N2O. The third kappa shape index (κ3) is 3.60. The van der Waals surface area contributed by atoms with E-state index in [1.807, 2.05) is 0 Å². The summed E-state index contributed by atoms with van der Waals surface area (Å²) in [4.78, 5) is 2.46. The van der Waals surface area contributed by atoms with Gasteiger partial charge in [0, 0.05) is 25.2 Å². The molecule has 0 aromatic heterocycles. The van der Waals surface area contributed by atoms with Crippen LogP contribution in [-0.2, 0) is 4.74 Å². The summed E-state index contributed by atoms with van der Waals surface area (Å²) >= 11 is 0. The van der Waals surface area contributed by atoms with E-state index >= 15 is 0 Å². The highest BCUT2D eigenvalue weighted by molar-refractivity contribution is 5.29. The molecule has 0 bridgehead atoms. The number of nitrogens with zero attached hydrogens (tertiary/aromatic N) is 1. The zero-order valence-corrected chi connectivity index (χ0v) is 13.2. The number of rotatable bonds is 6. The van der Waals surface area contributed by atoms with Crippen LogP contribution in [-0.4, -0.2) is 43.8 Å². The van der Waals surface area contributed by atoms with E-state index in [0.29, 0.717) is 18.2 Å². The number of hydrogen-bond donors (Lipinski definition) is 1. The van der Waals surface area contributed by atoms with E-state index < -0.39 is 0 Å². The van der Waals surface area contributed by atoms with Crippen LogP contribution in [0.15, 0.2) is 24.3 Å². The molecular weight excluding hydrogens is 248 g/mol. The molecule has 3 nitrogen and oxygen atoms in total. The van der Waals surface area contributed by atoms with Gasteiger partial charge >= 0.3 is 0 Å². The minimum Gasteiger partial charge on any atom is -0.377 e. The number of nitrogens with one attached hydrogen (secondary N) is 1. The van der Waals surface area contributed by atoms with E-state index in [1.54, 1.807) is 0 Å². The van der Waals surface area contributed by atoms with Crippen molar-refractivity contribution in [3.8, 4) is 0 Å². The van der Waals surface area contributed by atoms with Crippen LogP contribution in [0.25, 0.3) is 0 Å². The molecule has 1 aliphatic rings. The van der Waals surface area contributed by atoms with Gasteiger partial charge in [0.1, 0.15) is 0 Å². The lowest BCUT2D eigenvalue weighted by molar-refractivity contribution is 0.0803. The molecule has 0 spiro atoms. The largest absolute Gasteiger partial charge is 0.377 e. The molecule has 3 atom stereocenters. The molecule has 112 valence electrons. The molecule has 0 amide bonds. The summed E-state index contributed by atoms with van der Waals surface area (Å²) in [5, 5.41) is 3.63. The van der Waals surface area contributed by atoms with Crippen molar-refractivity contribution < 1.29 is 4.74 Å². The van der Waals surface area contributed by atoms with Crippen molar-refractivity contribution >= 4 is 0 Å². The molecule has 0 aliphatic carbocycles. The average Bonchev–Trinajstić information content (AvgIpc) is 2.85. The van der Waals surface area contributed by atoms with E-state index in [9.17, 15) is 0 Å². The van der Waals surface area contributed by atoms with Gasteiger partial charge in [-0.15, -0.1) is 0 Å². The highest BCUT2D eigenvalue weighted by atomic mass is 16.5. The zero-order chi connectivity index (χ0) is 14.5. The third-order valence-corrected chi connectivity index (χ3v) is 4.39. The molecule has 3 unspecified atom stereocenters. The summed E-state index contributed by atoms with van der Waals surface area (Å²) < 4.78 is 5.70. The molecule has 1 aromatic carbocycles. The van der Waals surface area contributed by atoms with Crippen LogP contribution in [0.5, 0.6) is 0 Å². The molecule has 1 aliphatic heterocycles. The van der Waals surface area contributed by atoms with Gasteiger partial charge in [-0.2, -0.15) is 0 Å². The van der Waals surface area contributed by atoms with Gasteiger partial charge in [0.2, 0.25) is 0 Å². The second-order valence-electron chi connectivity index (χ2n) is 5.84. The summed E-state index contributed by atoms with van der Waals surface area (Å²) in [6.45, 7) is 9.46. The Bertz CT molecular complexity index is 421. The average molecular weight is 276 g/mol. The van der Waals surface area contributed by atoms with Gasteiger partial charge in [-0.05, 0) is 45.0 Å². The number of likely N-dealkylation sites (N-methyl/N-ethyl adjacent to an activating group) is 2. The predicted octanol–water partition coefficient (Wildman–Crippen LogP) is 2.75. The van der Waals surface area contributed by atoms with Gasteiger partial charge in [-0.25, -0.2) is 0 Å². The molecule has 2 rings (SSSR count). The maximum absolute atomic E-state index is 5.70. The van der Waals surface area contributed by atoms with Crippen LogP contribution in [0.3, 0.4) is 0 Å². The summed E-state index contributed by atoms with van der Waals surface area (Å²) in [5.74, 6) is 0. The van der Waals surface area contributed by atoms with Gasteiger partial charge in [-0.1, -0.05) is 31.2 Å². The molecule has 1 N–H and O–H groups in total. The number of aryl methyl sites for hydroxylation is 1. The van der Waals surface area contributed by atoms with Gasteiger partial charge in [0.25, 0.3) is 0 Å². The van der Waals surface area contributed by atoms with Crippen molar-refractivity contribution in [3.63, 3.8) is 0 Å². The van der Waals surface area contributed by atoms with Crippen molar-refractivity contribution in [2.75, 3.05) is 26.7 Å². The lowest BCUT2D eigenvalue weighted by atomic mass is 9.99. The Balaban J connectivity index is 2.07. The fraction of sp³-hybridized carbons (Fsp3) is 0.647. The molecule has 1 heterocycles. The molecule has 3 heteroatoms. The Morgan fingerprint density at radius 1 is 1.40 bits per heavy atom. The molecule has 0 radical (unpaired) electrons. The Morgan fingerprint density at radius 3 is 2.75 bits per heavy atom. The van der Waals surface area contributed by atoms with E-state index in [4.69, 9.17) is 4.74 Å². The first-order chi connectivity index (χ1) is 9.63. The lowest BCUT2D eigenvalue weighted by Crippen LogP contribution is -2.42. The first-order valence-electron chi connectivity index (χ1n) is 7.74. The topological polar surface area (TPSA) is 24.5 Å². The first-order valence-corrected chi connectivity index (χ1v) is 7.74. The normalized spacial score (nSPS) is 24.2. The fourth-order valence-corrected chi connectivity index (χ4v) is 3.22. The van der Waals surface area contributed by atoms with Crippen LogP contribution in [0.2, 0.25) is 0 Å². The Morgan fingerprint density at radius 2 is 2.15 bits per heavy atom. The van der Waals surface area contributed by atoms with Crippen LogP contribution >= 0.6 is 0 Å². The zero-order valence-electron chi connectivity index (χ0n) is 13.2. The van der Waals surface area contributed by atoms with Gasteiger partial charge in [0.15, 0.2) is 0 Å². The highest BCUT2D eigenvalue weighted by Crippen LogP contribution is 2.23. The molecule has 1 saturated heterocycles. The van der Waals surface area contributed by atoms with Gasteiger partial charge in [0.05, 0.1) is 6.10 Å². The summed E-state index contributed by atoms with van der Waals surface area (Å²) in [6, 6.07) is 9.61. The Kier molecular flexibility index (Phi) is 5.58. The standard InChI is InChI=1S/C17H28N2O/c1-5-18-16(15-9-7-6-8-13(15)2)12-19(4)17-10-11-20-14(17)3/h6-9,14,16-18H,5,10-12H2,1-4H3. The van der Waals surface area contributed by atoms with Crippen molar-refractivity contribution in [1.29, 1.82) is 0 Å². The smallest absolute Gasteiger partial charge is 0.0702 e. The summed E-state index contributed by atoms with van der Waals surface area (Å²) in [7, 11) is 2.22. The van der Waals surface area contributed by atoms with Crippen LogP contribution in [0.1, 0.15) is 37.4 Å². The number of hydrogen-bond acceptors (Lipinski definition) is 3. The van der Waals surface area contributed by atoms with E-state index in [-0.39, 0.29) is 0 Å². The van der Waals surface area contributed by atoms with Crippen molar-refractivity contribution in [2.45, 2.75) is 45.4 Å². The van der Waals surface area contributed by atoms with Gasteiger partial charge in [-0.3, -0.25) is 4.90 Å². The maximum atomic E-state index is 5.70. The minimum atomic E-state index is 0.346. The summed E-state index contributed by atoms with van der Waals surface area (Å²) in [6.07, 6.45) is 1.49. The second-order valence-corrected chi connectivity index (χ2v) is 5.84. The molecule has 0 saturated carbocycles. The minimum absolute atomic E-state index is 0.346. The SMILES string of the molecule is CCNC(CN(C)C1CCOC1C)c1ccccc1C. The van der Waals surface area contributed by atoms with Crippen molar-refractivity contribution in [3.05, 3.63) is 35.4 Å².